The van der Waals surface area contributed by atoms with Crippen molar-refractivity contribution < 1.29 is 14.3 Å². The molecule has 96 valence electrons. The molecule has 0 aliphatic carbocycles. The van der Waals surface area contributed by atoms with Crippen molar-refractivity contribution in [2.75, 3.05) is 7.11 Å². The van der Waals surface area contributed by atoms with Crippen molar-refractivity contribution in [2.24, 2.45) is 0 Å². The van der Waals surface area contributed by atoms with Gasteiger partial charge in [-0.15, -0.1) is 0 Å². The number of fused-ring (bicyclic) bond motifs is 1. The molecule has 0 spiro atoms. The fraction of sp³-hybridized carbons (Fsp3) is 0.357. The predicted octanol–water partition coefficient (Wildman–Crippen LogP) is 2.94. The summed E-state index contributed by atoms with van der Waals surface area (Å²) < 4.78 is 10.8. The third-order valence-electron chi connectivity index (χ3n) is 2.90. The lowest BCUT2D eigenvalue weighted by atomic mass is 9.98. The number of aryl methyl sites for hydroxylation is 1. The summed E-state index contributed by atoms with van der Waals surface area (Å²) in [7, 11) is 1.49. The van der Waals surface area contributed by atoms with Gasteiger partial charge in [-0.1, -0.05) is 13.8 Å². The summed E-state index contributed by atoms with van der Waals surface area (Å²) in [6.07, 6.45) is 0. The molecule has 1 aromatic heterocycles. The van der Waals surface area contributed by atoms with E-state index in [2.05, 4.69) is 0 Å². The zero-order valence-electron chi connectivity index (χ0n) is 10.9. The Kier molecular flexibility index (Phi) is 3.03. The first-order chi connectivity index (χ1) is 8.45. The Labute approximate surface area is 105 Å². The van der Waals surface area contributed by atoms with Crippen molar-refractivity contribution in [1.82, 2.24) is 0 Å². The van der Waals surface area contributed by atoms with E-state index in [0.717, 1.165) is 0 Å². The Morgan fingerprint density at radius 3 is 2.56 bits per heavy atom. The third kappa shape index (κ3) is 1.83. The van der Waals surface area contributed by atoms with Crippen LogP contribution in [0.25, 0.3) is 11.0 Å². The van der Waals surface area contributed by atoms with E-state index >= 15 is 0 Å². The highest BCUT2D eigenvalue weighted by Crippen LogP contribution is 2.39. The predicted molar refractivity (Wildman–Crippen MR) is 69.5 cm³/mol. The second kappa shape index (κ2) is 4.37. The van der Waals surface area contributed by atoms with Crippen LogP contribution in [0.15, 0.2) is 21.3 Å². The molecule has 0 amide bonds. The van der Waals surface area contributed by atoms with Crippen molar-refractivity contribution in [3.63, 3.8) is 0 Å². The minimum atomic E-state index is -0.160. The van der Waals surface area contributed by atoms with Crippen LogP contribution >= 0.6 is 0 Å². The molecule has 1 aromatic carbocycles. The lowest BCUT2D eigenvalue weighted by Crippen LogP contribution is -2.05. The standard InChI is InChI=1S/C14H16O4/c1-7(2)12-10(16)6-11-13(14(12)17-4)9(15)5-8(3)18-11/h5-7,16H,1-4H3. The highest BCUT2D eigenvalue weighted by atomic mass is 16.5. The zero-order valence-corrected chi connectivity index (χ0v) is 10.9. The number of phenols is 1. The molecule has 0 bridgehead atoms. The molecule has 1 N–H and O–H groups in total. The molecule has 0 aliphatic heterocycles. The van der Waals surface area contributed by atoms with Crippen molar-refractivity contribution in [2.45, 2.75) is 26.7 Å². The van der Waals surface area contributed by atoms with Crippen LogP contribution in [0.1, 0.15) is 31.1 Å². The Morgan fingerprint density at radius 1 is 1.33 bits per heavy atom. The average Bonchev–Trinajstić information content (AvgIpc) is 2.25. The first-order valence-electron chi connectivity index (χ1n) is 5.80. The van der Waals surface area contributed by atoms with Gasteiger partial charge >= 0.3 is 0 Å². The van der Waals surface area contributed by atoms with Gasteiger partial charge in [0.05, 0.1) is 7.11 Å². The number of ether oxygens (including phenoxy) is 1. The van der Waals surface area contributed by atoms with E-state index in [4.69, 9.17) is 9.15 Å². The maximum Gasteiger partial charge on any atom is 0.196 e. The van der Waals surface area contributed by atoms with E-state index in [9.17, 15) is 9.90 Å². The zero-order chi connectivity index (χ0) is 13.4. The van der Waals surface area contributed by atoms with Crippen LogP contribution in [-0.4, -0.2) is 12.2 Å². The molecule has 0 atom stereocenters. The summed E-state index contributed by atoms with van der Waals surface area (Å²) >= 11 is 0. The lowest BCUT2D eigenvalue weighted by molar-refractivity contribution is 0.399. The molecule has 0 radical (unpaired) electrons. The first-order valence-corrected chi connectivity index (χ1v) is 5.80. The van der Waals surface area contributed by atoms with Gasteiger partial charge in [0.1, 0.15) is 28.2 Å². The summed E-state index contributed by atoms with van der Waals surface area (Å²) in [5.74, 6) is 1.04. The van der Waals surface area contributed by atoms with E-state index in [0.29, 0.717) is 28.0 Å². The van der Waals surface area contributed by atoms with E-state index < -0.39 is 0 Å². The molecule has 0 fully saturated rings. The van der Waals surface area contributed by atoms with E-state index in [-0.39, 0.29) is 17.1 Å². The van der Waals surface area contributed by atoms with Gasteiger partial charge in [-0.3, -0.25) is 4.79 Å². The summed E-state index contributed by atoms with van der Waals surface area (Å²) in [6.45, 7) is 5.55. The maximum absolute atomic E-state index is 12.0. The topological polar surface area (TPSA) is 59.7 Å². The second-order valence-corrected chi connectivity index (χ2v) is 4.59. The van der Waals surface area contributed by atoms with Crippen molar-refractivity contribution >= 4 is 11.0 Å². The number of hydrogen-bond donors (Lipinski definition) is 1. The van der Waals surface area contributed by atoms with Gasteiger partial charge in [0, 0.05) is 17.7 Å². The summed E-state index contributed by atoms with van der Waals surface area (Å²) in [5, 5.41) is 10.4. The quantitative estimate of drug-likeness (QED) is 0.887. The van der Waals surface area contributed by atoms with Crippen LogP contribution < -0.4 is 10.2 Å². The monoisotopic (exact) mass is 248 g/mol. The van der Waals surface area contributed by atoms with Crippen LogP contribution in [0.4, 0.5) is 0 Å². The second-order valence-electron chi connectivity index (χ2n) is 4.59. The molecule has 2 rings (SSSR count). The Bertz CT molecular complexity index is 653. The molecule has 0 saturated carbocycles. The van der Waals surface area contributed by atoms with E-state index in [1.165, 1.54) is 19.2 Å². The van der Waals surface area contributed by atoms with Gasteiger partial charge in [0.25, 0.3) is 0 Å². The molecular weight excluding hydrogens is 232 g/mol. The van der Waals surface area contributed by atoms with Crippen molar-refractivity contribution in [3.8, 4) is 11.5 Å². The Balaban J connectivity index is 2.99. The largest absolute Gasteiger partial charge is 0.507 e. The number of benzene rings is 1. The molecule has 4 nitrogen and oxygen atoms in total. The fourth-order valence-electron chi connectivity index (χ4n) is 2.18. The summed E-state index contributed by atoms with van der Waals surface area (Å²) in [4.78, 5) is 12.0. The van der Waals surface area contributed by atoms with Gasteiger partial charge in [0.2, 0.25) is 0 Å². The number of phenolic OH excluding ortho intramolecular Hbond substituents is 1. The molecule has 1 heterocycles. The van der Waals surface area contributed by atoms with Gasteiger partial charge < -0.3 is 14.3 Å². The van der Waals surface area contributed by atoms with Gasteiger partial charge in [-0.05, 0) is 12.8 Å². The fourth-order valence-corrected chi connectivity index (χ4v) is 2.18. The Morgan fingerprint density at radius 2 is 2.00 bits per heavy atom. The normalized spacial score (nSPS) is 11.2. The minimum absolute atomic E-state index is 0.0463. The number of rotatable bonds is 2. The number of aromatic hydroxyl groups is 1. The number of hydrogen-bond acceptors (Lipinski definition) is 4. The summed E-state index contributed by atoms with van der Waals surface area (Å²) in [5.41, 5.74) is 0.812. The summed E-state index contributed by atoms with van der Waals surface area (Å²) in [6, 6.07) is 2.90. The molecule has 0 aliphatic rings. The van der Waals surface area contributed by atoms with Crippen LogP contribution in [0, 0.1) is 6.92 Å². The highest BCUT2D eigenvalue weighted by molar-refractivity contribution is 5.87. The molecule has 2 aromatic rings. The Hall–Kier alpha value is -1.97. The van der Waals surface area contributed by atoms with Crippen molar-refractivity contribution in [1.29, 1.82) is 0 Å². The SMILES string of the molecule is COc1c(C(C)C)c(O)cc2oc(C)cc(=O)c12. The van der Waals surface area contributed by atoms with Gasteiger partial charge in [0.15, 0.2) is 5.43 Å². The van der Waals surface area contributed by atoms with Crippen LogP contribution in [0.5, 0.6) is 11.5 Å². The first kappa shape index (κ1) is 12.5. The smallest absolute Gasteiger partial charge is 0.196 e. The minimum Gasteiger partial charge on any atom is -0.507 e. The maximum atomic E-state index is 12.0. The van der Waals surface area contributed by atoms with Crippen molar-refractivity contribution in [3.05, 3.63) is 33.7 Å². The molecule has 4 heteroatoms. The van der Waals surface area contributed by atoms with E-state index in [1.807, 2.05) is 13.8 Å². The van der Waals surface area contributed by atoms with Gasteiger partial charge in [-0.25, -0.2) is 0 Å². The molecular formula is C14H16O4. The molecule has 18 heavy (non-hydrogen) atoms. The van der Waals surface area contributed by atoms with Crippen LogP contribution in [-0.2, 0) is 0 Å². The molecule has 0 unspecified atom stereocenters. The molecule has 0 saturated heterocycles. The van der Waals surface area contributed by atoms with Crippen LogP contribution in [0.3, 0.4) is 0 Å². The third-order valence-corrected chi connectivity index (χ3v) is 2.90. The van der Waals surface area contributed by atoms with Gasteiger partial charge in [-0.2, -0.15) is 0 Å². The average molecular weight is 248 g/mol. The number of methoxy groups -OCH3 is 1. The highest BCUT2D eigenvalue weighted by Gasteiger charge is 2.20. The van der Waals surface area contributed by atoms with Crippen LogP contribution in [0.2, 0.25) is 0 Å². The van der Waals surface area contributed by atoms with E-state index in [1.54, 1.807) is 6.92 Å². The lowest BCUT2D eigenvalue weighted by Gasteiger charge is -2.15.